The quantitative estimate of drug-likeness (QED) is 0.695. The van der Waals surface area contributed by atoms with Crippen LogP contribution in [-0.4, -0.2) is 18.3 Å². The van der Waals surface area contributed by atoms with Crippen molar-refractivity contribution in [2.24, 2.45) is 0 Å². The van der Waals surface area contributed by atoms with Gasteiger partial charge in [0.25, 0.3) is 0 Å². The average Bonchev–Trinajstić information content (AvgIpc) is 2.98. The molecule has 0 aliphatic heterocycles. The molecule has 2 rings (SSSR count). The molecular formula is C17H18ClNO3S. The topological polar surface area (TPSA) is 55.4 Å². The Morgan fingerprint density at radius 2 is 1.96 bits per heavy atom. The van der Waals surface area contributed by atoms with Gasteiger partial charge in [0.1, 0.15) is 5.75 Å². The first kappa shape index (κ1) is 17.5. The van der Waals surface area contributed by atoms with Crippen molar-refractivity contribution >= 4 is 40.3 Å². The molecule has 0 bridgehead atoms. The van der Waals surface area contributed by atoms with Crippen molar-refractivity contribution in [1.29, 1.82) is 0 Å². The van der Waals surface area contributed by atoms with Gasteiger partial charge in [-0.1, -0.05) is 30.7 Å². The Morgan fingerprint density at radius 1 is 1.17 bits per heavy atom. The van der Waals surface area contributed by atoms with E-state index in [0.717, 1.165) is 6.42 Å². The highest BCUT2D eigenvalue weighted by Crippen LogP contribution is 2.25. The Kier molecular flexibility index (Phi) is 6.62. The number of hydrogen-bond acceptors (Lipinski definition) is 4. The molecule has 0 aliphatic carbocycles. The second kappa shape index (κ2) is 8.70. The Labute approximate surface area is 144 Å². The molecule has 6 heteroatoms. The third kappa shape index (κ3) is 5.37. The number of benzene rings is 1. The molecule has 0 atom stereocenters. The van der Waals surface area contributed by atoms with Crippen LogP contribution in [-0.2, 0) is 4.79 Å². The van der Waals surface area contributed by atoms with Gasteiger partial charge in [0.15, 0.2) is 5.78 Å². The van der Waals surface area contributed by atoms with Crippen LogP contribution in [0.25, 0.3) is 0 Å². The van der Waals surface area contributed by atoms with Crippen molar-refractivity contribution in [1.82, 2.24) is 0 Å². The minimum atomic E-state index is -0.214. The number of thiophene rings is 1. The molecule has 1 heterocycles. The Hall–Kier alpha value is -1.85. The van der Waals surface area contributed by atoms with Crippen LogP contribution in [0.15, 0.2) is 36.4 Å². The van der Waals surface area contributed by atoms with Crippen LogP contribution in [0, 0.1) is 0 Å². The lowest BCUT2D eigenvalue weighted by molar-refractivity contribution is -0.116. The van der Waals surface area contributed by atoms with Crippen LogP contribution < -0.4 is 10.1 Å². The molecule has 0 radical (unpaired) electrons. The SMILES string of the molecule is CCCOc1ccccc1NC(=O)CCC(=O)c1ccc(Cl)s1. The smallest absolute Gasteiger partial charge is 0.224 e. The number of ether oxygens (including phenoxy) is 1. The molecule has 1 N–H and O–H groups in total. The number of ketones is 1. The highest BCUT2D eigenvalue weighted by Gasteiger charge is 2.13. The summed E-state index contributed by atoms with van der Waals surface area (Å²) in [5.74, 6) is 0.347. The first-order valence-corrected chi connectivity index (χ1v) is 8.59. The van der Waals surface area contributed by atoms with Crippen molar-refractivity contribution in [3.63, 3.8) is 0 Å². The first-order valence-electron chi connectivity index (χ1n) is 7.40. The van der Waals surface area contributed by atoms with E-state index < -0.39 is 0 Å². The summed E-state index contributed by atoms with van der Waals surface area (Å²) in [4.78, 5) is 24.6. The zero-order valence-corrected chi connectivity index (χ0v) is 14.4. The largest absolute Gasteiger partial charge is 0.491 e. The minimum absolute atomic E-state index is 0.0763. The van der Waals surface area contributed by atoms with Crippen molar-refractivity contribution in [3.05, 3.63) is 45.6 Å². The molecule has 0 aliphatic rings. The number of halogens is 1. The highest BCUT2D eigenvalue weighted by atomic mass is 35.5. The lowest BCUT2D eigenvalue weighted by Crippen LogP contribution is -2.14. The summed E-state index contributed by atoms with van der Waals surface area (Å²) < 4.78 is 6.16. The predicted octanol–water partition coefficient (Wildman–Crippen LogP) is 4.79. The fourth-order valence-corrected chi connectivity index (χ4v) is 2.95. The number of carbonyl (C=O) groups is 2. The number of rotatable bonds is 8. The van der Waals surface area contributed by atoms with Crippen molar-refractivity contribution in [2.75, 3.05) is 11.9 Å². The predicted molar refractivity (Wildman–Crippen MR) is 93.8 cm³/mol. The summed E-state index contributed by atoms with van der Waals surface area (Å²) in [6.07, 6.45) is 1.16. The molecule has 0 saturated carbocycles. The molecule has 1 aromatic heterocycles. The maximum Gasteiger partial charge on any atom is 0.224 e. The third-order valence-electron chi connectivity index (χ3n) is 3.05. The molecule has 4 nitrogen and oxygen atoms in total. The van der Waals surface area contributed by atoms with E-state index in [1.807, 2.05) is 25.1 Å². The molecule has 2 aromatic rings. The normalized spacial score (nSPS) is 10.3. The Bertz CT molecular complexity index is 684. The fourth-order valence-electron chi connectivity index (χ4n) is 1.93. The molecule has 23 heavy (non-hydrogen) atoms. The summed E-state index contributed by atoms with van der Waals surface area (Å²) >= 11 is 7.03. The van der Waals surface area contributed by atoms with Gasteiger partial charge in [-0.05, 0) is 30.7 Å². The average molecular weight is 352 g/mol. The van der Waals surface area contributed by atoms with Crippen molar-refractivity contribution in [3.8, 4) is 5.75 Å². The van der Waals surface area contributed by atoms with Crippen LogP contribution in [0.4, 0.5) is 5.69 Å². The molecular weight excluding hydrogens is 334 g/mol. The van der Waals surface area contributed by atoms with Gasteiger partial charge in [0.2, 0.25) is 5.91 Å². The molecule has 1 aromatic carbocycles. The fraction of sp³-hybridized carbons (Fsp3) is 0.294. The second-order valence-electron chi connectivity index (χ2n) is 4.92. The summed E-state index contributed by atoms with van der Waals surface area (Å²) in [7, 11) is 0. The van der Waals surface area contributed by atoms with Crippen LogP contribution in [0.1, 0.15) is 35.9 Å². The summed E-state index contributed by atoms with van der Waals surface area (Å²) in [5.41, 5.74) is 0.623. The first-order chi connectivity index (χ1) is 11.1. The molecule has 1 amide bonds. The van der Waals surface area contributed by atoms with Gasteiger partial charge >= 0.3 is 0 Å². The van der Waals surface area contributed by atoms with Gasteiger partial charge in [-0.25, -0.2) is 0 Å². The number of nitrogens with one attached hydrogen (secondary N) is 1. The number of Topliss-reactive ketones (excluding diaryl/α,β-unsaturated/α-hetero) is 1. The zero-order chi connectivity index (χ0) is 16.7. The molecule has 0 unspecified atom stereocenters. The number of para-hydroxylation sites is 2. The number of amides is 1. The van der Waals surface area contributed by atoms with Crippen LogP contribution >= 0.6 is 22.9 Å². The van der Waals surface area contributed by atoms with E-state index in [0.29, 0.717) is 27.3 Å². The van der Waals surface area contributed by atoms with Gasteiger partial charge in [-0.3, -0.25) is 9.59 Å². The van der Waals surface area contributed by atoms with E-state index in [2.05, 4.69) is 5.32 Å². The van der Waals surface area contributed by atoms with E-state index in [9.17, 15) is 9.59 Å². The van der Waals surface area contributed by atoms with Crippen molar-refractivity contribution in [2.45, 2.75) is 26.2 Å². The van der Waals surface area contributed by atoms with Gasteiger partial charge in [0.05, 0.1) is 21.5 Å². The standard InChI is InChI=1S/C17H18ClNO3S/c1-2-11-22-14-6-4-3-5-12(14)19-17(21)10-7-13(20)15-8-9-16(18)23-15/h3-6,8-9H,2,7,10-11H2,1H3,(H,19,21). The minimum Gasteiger partial charge on any atom is -0.491 e. The Morgan fingerprint density at radius 3 is 2.65 bits per heavy atom. The number of carbonyl (C=O) groups excluding carboxylic acids is 2. The van der Waals surface area contributed by atoms with Crippen LogP contribution in [0.3, 0.4) is 0 Å². The van der Waals surface area contributed by atoms with Gasteiger partial charge in [0, 0.05) is 12.8 Å². The molecule has 0 saturated heterocycles. The van der Waals surface area contributed by atoms with E-state index in [-0.39, 0.29) is 24.5 Å². The van der Waals surface area contributed by atoms with Gasteiger partial charge in [-0.15, -0.1) is 11.3 Å². The van der Waals surface area contributed by atoms with Crippen LogP contribution in [0.5, 0.6) is 5.75 Å². The summed E-state index contributed by atoms with van der Waals surface area (Å²) in [6, 6.07) is 10.6. The van der Waals surface area contributed by atoms with Crippen LogP contribution in [0.2, 0.25) is 4.34 Å². The van der Waals surface area contributed by atoms with E-state index in [1.54, 1.807) is 18.2 Å². The molecule has 0 fully saturated rings. The number of anilines is 1. The summed E-state index contributed by atoms with van der Waals surface area (Å²) in [6.45, 7) is 2.61. The maximum atomic E-state index is 12.0. The molecule has 0 spiro atoms. The second-order valence-corrected chi connectivity index (χ2v) is 6.63. The zero-order valence-electron chi connectivity index (χ0n) is 12.8. The lowest BCUT2D eigenvalue weighted by atomic mass is 10.2. The van der Waals surface area contributed by atoms with E-state index in [1.165, 1.54) is 11.3 Å². The molecule has 122 valence electrons. The maximum absolute atomic E-state index is 12.0. The van der Waals surface area contributed by atoms with E-state index >= 15 is 0 Å². The van der Waals surface area contributed by atoms with E-state index in [4.69, 9.17) is 16.3 Å². The summed E-state index contributed by atoms with van der Waals surface area (Å²) in [5, 5.41) is 2.79. The lowest BCUT2D eigenvalue weighted by Gasteiger charge is -2.11. The third-order valence-corrected chi connectivity index (χ3v) is 4.32. The van der Waals surface area contributed by atoms with Gasteiger partial charge < -0.3 is 10.1 Å². The Balaban J connectivity index is 1.88. The van der Waals surface area contributed by atoms with Gasteiger partial charge in [-0.2, -0.15) is 0 Å². The monoisotopic (exact) mass is 351 g/mol. The number of hydrogen-bond donors (Lipinski definition) is 1. The van der Waals surface area contributed by atoms with Crippen molar-refractivity contribution < 1.29 is 14.3 Å². The highest BCUT2D eigenvalue weighted by molar-refractivity contribution is 7.18.